The van der Waals surface area contributed by atoms with Crippen LogP contribution in [0.2, 0.25) is 0 Å². The first-order chi connectivity index (χ1) is 10.6. The second-order valence-electron chi connectivity index (χ2n) is 5.04. The molecule has 0 saturated heterocycles. The fourth-order valence-corrected chi connectivity index (χ4v) is 2.51. The van der Waals surface area contributed by atoms with Crippen molar-refractivity contribution in [3.63, 3.8) is 0 Å². The Hall–Kier alpha value is -2.70. The van der Waals surface area contributed by atoms with Crippen molar-refractivity contribution in [2.75, 3.05) is 13.7 Å². The molecule has 7 heteroatoms. The lowest BCUT2D eigenvalue weighted by Gasteiger charge is -2.28. The van der Waals surface area contributed by atoms with Crippen LogP contribution in [0.3, 0.4) is 0 Å². The molecule has 0 fully saturated rings. The maximum atomic E-state index is 13.7. The van der Waals surface area contributed by atoms with Crippen molar-refractivity contribution < 1.29 is 13.9 Å². The van der Waals surface area contributed by atoms with Crippen molar-refractivity contribution in [2.24, 2.45) is 0 Å². The van der Waals surface area contributed by atoms with Gasteiger partial charge in [0.15, 0.2) is 5.82 Å². The molecule has 0 aromatic carbocycles. The minimum absolute atomic E-state index is 0.141. The van der Waals surface area contributed by atoms with Gasteiger partial charge in [-0.15, -0.1) is 0 Å². The van der Waals surface area contributed by atoms with E-state index in [0.717, 1.165) is 17.2 Å². The Balaban J connectivity index is 1.83. The van der Waals surface area contributed by atoms with Gasteiger partial charge in [0.1, 0.15) is 0 Å². The van der Waals surface area contributed by atoms with Crippen LogP contribution >= 0.6 is 0 Å². The van der Waals surface area contributed by atoms with Crippen molar-refractivity contribution in [3.05, 3.63) is 57.4 Å². The highest BCUT2D eigenvalue weighted by molar-refractivity contribution is 5.94. The number of nitrogens with one attached hydrogen (secondary N) is 1. The fourth-order valence-electron chi connectivity index (χ4n) is 2.51. The molecule has 0 radical (unpaired) electrons. The third-order valence-corrected chi connectivity index (χ3v) is 3.65. The lowest BCUT2D eigenvalue weighted by molar-refractivity contribution is 0.0733. The van der Waals surface area contributed by atoms with E-state index in [4.69, 9.17) is 4.74 Å². The van der Waals surface area contributed by atoms with Crippen molar-refractivity contribution in [3.8, 4) is 5.88 Å². The Morgan fingerprint density at radius 3 is 2.95 bits per heavy atom. The van der Waals surface area contributed by atoms with Gasteiger partial charge in [-0.25, -0.2) is 9.37 Å². The highest BCUT2D eigenvalue weighted by Gasteiger charge is 2.23. The Morgan fingerprint density at radius 1 is 1.41 bits per heavy atom. The van der Waals surface area contributed by atoms with E-state index in [9.17, 15) is 14.0 Å². The van der Waals surface area contributed by atoms with Crippen LogP contribution in [0, 0.1) is 5.82 Å². The first kappa shape index (κ1) is 14.2. The highest BCUT2D eigenvalue weighted by atomic mass is 19.1. The Kier molecular flexibility index (Phi) is 3.62. The molecule has 1 amide bonds. The first-order valence-corrected chi connectivity index (χ1v) is 6.78. The first-order valence-electron chi connectivity index (χ1n) is 6.78. The number of carbonyl (C=O) groups excluding carboxylic acids is 1. The summed E-state index contributed by atoms with van der Waals surface area (Å²) in [6, 6.07) is 2.67. The number of pyridine rings is 2. The summed E-state index contributed by atoms with van der Waals surface area (Å²) in [7, 11) is 1.31. The van der Waals surface area contributed by atoms with Crippen molar-refractivity contribution in [1.82, 2.24) is 14.9 Å². The van der Waals surface area contributed by atoms with Crippen LogP contribution in [0.15, 0.2) is 29.3 Å². The summed E-state index contributed by atoms with van der Waals surface area (Å²) >= 11 is 0. The molecule has 6 nitrogen and oxygen atoms in total. The van der Waals surface area contributed by atoms with E-state index >= 15 is 0 Å². The zero-order valence-electron chi connectivity index (χ0n) is 11.9. The maximum absolute atomic E-state index is 13.7. The third kappa shape index (κ3) is 2.57. The maximum Gasteiger partial charge on any atom is 0.255 e. The van der Waals surface area contributed by atoms with E-state index in [1.54, 1.807) is 17.2 Å². The van der Waals surface area contributed by atoms with Gasteiger partial charge in [0.25, 0.3) is 5.91 Å². The summed E-state index contributed by atoms with van der Waals surface area (Å²) in [5.74, 6) is -1.11. The van der Waals surface area contributed by atoms with Gasteiger partial charge in [-0.2, -0.15) is 0 Å². The van der Waals surface area contributed by atoms with Crippen molar-refractivity contribution >= 4 is 5.91 Å². The molecule has 0 atom stereocenters. The van der Waals surface area contributed by atoms with Crippen LogP contribution in [-0.2, 0) is 13.0 Å². The van der Waals surface area contributed by atoms with E-state index in [1.807, 2.05) is 0 Å². The number of H-pyrrole nitrogens is 1. The van der Waals surface area contributed by atoms with Gasteiger partial charge >= 0.3 is 0 Å². The summed E-state index contributed by atoms with van der Waals surface area (Å²) in [5, 5.41) is 0. The van der Waals surface area contributed by atoms with E-state index in [-0.39, 0.29) is 22.9 Å². The number of ether oxygens (including phenoxy) is 1. The van der Waals surface area contributed by atoms with Gasteiger partial charge in [0.2, 0.25) is 11.4 Å². The molecule has 0 saturated carbocycles. The molecule has 2 aromatic heterocycles. The van der Waals surface area contributed by atoms with E-state index in [2.05, 4.69) is 9.97 Å². The number of aromatic nitrogens is 2. The van der Waals surface area contributed by atoms with Gasteiger partial charge in [0.05, 0.1) is 12.7 Å². The average molecular weight is 303 g/mol. The molecule has 0 bridgehead atoms. The Bertz CT molecular complexity index is 788. The topological polar surface area (TPSA) is 75.3 Å². The SMILES string of the molecule is COc1ncc(C(=O)N2CCc3cc(=O)[nH]cc3C2)cc1F. The molecule has 22 heavy (non-hydrogen) atoms. The zero-order valence-corrected chi connectivity index (χ0v) is 11.9. The predicted molar refractivity (Wildman–Crippen MR) is 76.3 cm³/mol. The van der Waals surface area contributed by atoms with Gasteiger partial charge in [-0.1, -0.05) is 0 Å². The lowest BCUT2D eigenvalue weighted by Crippen LogP contribution is -2.36. The van der Waals surface area contributed by atoms with E-state index in [0.29, 0.717) is 19.5 Å². The van der Waals surface area contributed by atoms with Gasteiger partial charge in [-0.3, -0.25) is 9.59 Å². The number of halogens is 1. The summed E-state index contributed by atoms with van der Waals surface area (Å²) in [4.78, 5) is 31.7. The van der Waals surface area contributed by atoms with Crippen molar-refractivity contribution in [2.45, 2.75) is 13.0 Å². The largest absolute Gasteiger partial charge is 0.479 e. The molecule has 114 valence electrons. The fraction of sp³-hybridized carbons (Fsp3) is 0.267. The molecule has 3 rings (SSSR count). The molecule has 3 heterocycles. The third-order valence-electron chi connectivity index (χ3n) is 3.65. The number of hydrogen-bond acceptors (Lipinski definition) is 4. The van der Waals surface area contributed by atoms with Crippen LogP contribution in [0.1, 0.15) is 21.5 Å². The number of amides is 1. The second kappa shape index (κ2) is 5.59. The van der Waals surface area contributed by atoms with Crippen molar-refractivity contribution in [1.29, 1.82) is 0 Å². The minimum Gasteiger partial charge on any atom is -0.479 e. The standard InChI is InChI=1S/C15H14FN3O3/c1-22-14-12(16)4-10(6-18-14)15(21)19-3-2-9-5-13(20)17-7-11(9)8-19/h4-7H,2-3,8H2,1H3,(H,17,20). The number of aromatic amines is 1. The number of rotatable bonds is 2. The predicted octanol–water partition coefficient (Wildman–Crippen LogP) is 1.12. The quantitative estimate of drug-likeness (QED) is 0.902. The molecule has 1 aliphatic heterocycles. The van der Waals surface area contributed by atoms with Gasteiger partial charge < -0.3 is 14.6 Å². The summed E-state index contributed by atoms with van der Waals surface area (Å²) in [5.41, 5.74) is 1.85. The van der Waals surface area contributed by atoms with Gasteiger partial charge in [-0.05, 0) is 23.6 Å². The Labute approximate surface area is 125 Å². The molecule has 1 aliphatic rings. The second-order valence-corrected chi connectivity index (χ2v) is 5.04. The smallest absolute Gasteiger partial charge is 0.255 e. The normalized spacial score (nSPS) is 13.6. The summed E-state index contributed by atoms with van der Waals surface area (Å²) < 4.78 is 18.4. The van der Waals surface area contributed by atoms with Crippen LogP contribution < -0.4 is 10.3 Å². The molecule has 0 spiro atoms. The molecular formula is C15H14FN3O3. The minimum atomic E-state index is -0.671. The summed E-state index contributed by atoms with van der Waals surface area (Å²) in [6.45, 7) is 0.849. The Morgan fingerprint density at radius 2 is 2.23 bits per heavy atom. The molecular weight excluding hydrogens is 289 g/mol. The number of nitrogens with zero attached hydrogens (tertiary/aromatic N) is 2. The molecule has 0 unspecified atom stereocenters. The summed E-state index contributed by atoms with van der Waals surface area (Å²) in [6.07, 6.45) is 3.51. The number of methoxy groups -OCH3 is 1. The average Bonchev–Trinajstić information content (AvgIpc) is 2.53. The lowest BCUT2D eigenvalue weighted by atomic mass is 10.0. The van der Waals surface area contributed by atoms with Gasteiger partial charge in [0, 0.05) is 31.5 Å². The van der Waals surface area contributed by atoms with Crippen LogP contribution in [0.5, 0.6) is 5.88 Å². The van der Waals surface area contributed by atoms with Crippen LogP contribution in [-0.4, -0.2) is 34.4 Å². The van der Waals surface area contributed by atoms with Crippen LogP contribution in [0.4, 0.5) is 4.39 Å². The number of carbonyl (C=O) groups is 1. The monoisotopic (exact) mass is 303 g/mol. The highest BCUT2D eigenvalue weighted by Crippen LogP contribution is 2.20. The number of hydrogen-bond donors (Lipinski definition) is 1. The molecule has 2 aromatic rings. The molecule has 0 aliphatic carbocycles. The molecule has 1 N–H and O–H groups in total. The van der Waals surface area contributed by atoms with Crippen LogP contribution in [0.25, 0.3) is 0 Å². The zero-order chi connectivity index (χ0) is 15.7. The van der Waals surface area contributed by atoms with E-state index in [1.165, 1.54) is 13.3 Å². The number of fused-ring (bicyclic) bond motifs is 1. The van der Waals surface area contributed by atoms with E-state index < -0.39 is 5.82 Å².